The van der Waals surface area contributed by atoms with Crippen LogP contribution in [0.4, 0.5) is 9.32 Å². The second-order valence-corrected chi connectivity index (χ2v) is 3.11. The Balaban J connectivity index is 2.46. The van der Waals surface area contributed by atoms with Crippen LogP contribution in [0.3, 0.4) is 0 Å². The van der Waals surface area contributed by atoms with Gasteiger partial charge < -0.3 is 0 Å². The van der Waals surface area contributed by atoms with E-state index in [2.05, 4.69) is 4.94 Å². The highest BCUT2D eigenvalue weighted by molar-refractivity contribution is 6.84. The summed E-state index contributed by atoms with van der Waals surface area (Å²) < 4.78 is 11.6. The molecule has 0 saturated heterocycles. The molecule has 0 fully saturated rings. The molecule has 0 amide bonds. The number of hydrogen-bond donors (Lipinski definition) is 0. The molecule has 0 atom stereocenters. The van der Waals surface area contributed by atoms with Gasteiger partial charge in [0.15, 0.2) is 0 Å². The van der Waals surface area contributed by atoms with Gasteiger partial charge in [0.05, 0.1) is 0 Å². The Morgan fingerprint density at radius 3 is 2.67 bits per heavy atom. The van der Waals surface area contributed by atoms with E-state index in [-0.39, 0.29) is 0 Å². The number of carbonyl (C=O) groups excluding carboxylic acids is 1. The molecule has 0 aromatic heterocycles. The molecule has 2 rings (SSSR count). The van der Waals surface area contributed by atoms with E-state index in [0.29, 0.717) is 5.46 Å². The van der Waals surface area contributed by atoms with E-state index in [1.165, 1.54) is 0 Å². The Hall–Kier alpha value is -1.84. The van der Waals surface area contributed by atoms with Crippen LogP contribution in [0.15, 0.2) is 42.5 Å². The van der Waals surface area contributed by atoms with Gasteiger partial charge in [0.25, 0.3) is 5.87 Å². The normalized spacial score (nSPS) is 9.93. The quantitative estimate of drug-likeness (QED) is 0.696. The van der Waals surface area contributed by atoms with E-state index in [9.17, 15) is 9.32 Å². The maximum Gasteiger partial charge on any atom is 0.305 e. The van der Waals surface area contributed by atoms with E-state index in [1.807, 2.05) is 30.3 Å². The summed E-state index contributed by atoms with van der Waals surface area (Å²) in [7, 11) is 1.13. The van der Waals surface area contributed by atoms with E-state index in [1.54, 1.807) is 12.1 Å². The van der Waals surface area contributed by atoms with Gasteiger partial charge in [-0.05, 0) is 10.8 Å². The third-order valence-electron chi connectivity index (χ3n) is 2.17. The highest BCUT2D eigenvalue weighted by Gasteiger charge is 2.10. The molecule has 2 nitrogen and oxygen atoms in total. The van der Waals surface area contributed by atoms with Crippen LogP contribution in [-0.4, -0.2) is 13.1 Å². The van der Waals surface area contributed by atoms with Crippen molar-refractivity contribution >= 4 is 29.4 Å². The molecular formula is C11H7BFO2. The molecule has 0 N–H and O–H groups in total. The third-order valence-corrected chi connectivity index (χ3v) is 2.17. The first-order valence-corrected chi connectivity index (χ1v) is 4.46. The first-order valence-electron chi connectivity index (χ1n) is 4.46. The lowest BCUT2D eigenvalue weighted by Crippen LogP contribution is -2.23. The fourth-order valence-electron chi connectivity index (χ4n) is 1.53. The largest absolute Gasteiger partial charge is 0.305 e. The standard InChI is InChI=1S/C11H7BFO2/c13-15-11(14)12-10-7-3-5-8-4-1-2-6-9(8)10/h1-7H. The van der Waals surface area contributed by atoms with Crippen molar-refractivity contribution < 1.29 is 14.3 Å². The first-order chi connectivity index (χ1) is 7.31. The average Bonchev–Trinajstić information content (AvgIpc) is 2.29. The summed E-state index contributed by atoms with van der Waals surface area (Å²) in [6.45, 7) is 0. The van der Waals surface area contributed by atoms with Crippen molar-refractivity contribution in [1.82, 2.24) is 0 Å². The highest BCUT2D eigenvalue weighted by Crippen LogP contribution is 2.10. The van der Waals surface area contributed by atoms with Crippen molar-refractivity contribution in [3.8, 4) is 0 Å². The molecule has 2 aromatic rings. The zero-order valence-electron chi connectivity index (χ0n) is 7.81. The molecule has 15 heavy (non-hydrogen) atoms. The van der Waals surface area contributed by atoms with Gasteiger partial charge in [-0.2, -0.15) is 0 Å². The van der Waals surface area contributed by atoms with Crippen LogP contribution in [0.2, 0.25) is 0 Å². The Labute approximate surface area is 86.8 Å². The van der Waals surface area contributed by atoms with Crippen molar-refractivity contribution in [1.29, 1.82) is 0 Å². The van der Waals surface area contributed by atoms with Crippen molar-refractivity contribution in [2.45, 2.75) is 0 Å². The van der Waals surface area contributed by atoms with Crippen molar-refractivity contribution in [2.75, 3.05) is 0 Å². The third kappa shape index (κ3) is 1.98. The molecule has 0 aliphatic carbocycles. The zero-order chi connectivity index (χ0) is 10.7. The van der Waals surface area contributed by atoms with Gasteiger partial charge in [0.2, 0.25) is 0 Å². The minimum Gasteiger partial charge on any atom is -0.268 e. The number of carbonyl (C=O) groups is 1. The molecular weight excluding hydrogens is 194 g/mol. The average molecular weight is 201 g/mol. The van der Waals surface area contributed by atoms with Gasteiger partial charge in [-0.3, -0.25) is 9.74 Å². The fourth-order valence-corrected chi connectivity index (χ4v) is 1.53. The molecule has 0 spiro atoms. The van der Waals surface area contributed by atoms with E-state index >= 15 is 0 Å². The summed E-state index contributed by atoms with van der Waals surface area (Å²) in [5.41, 5.74) is 0.649. The topological polar surface area (TPSA) is 26.3 Å². The number of halogens is 1. The minimum atomic E-state index is -0.994. The second kappa shape index (κ2) is 4.13. The Bertz CT molecular complexity index is 493. The minimum absolute atomic E-state index is 0.649. The Kier molecular flexibility index (Phi) is 2.67. The second-order valence-electron chi connectivity index (χ2n) is 3.11. The van der Waals surface area contributed by atoms with E-state index in [0.717, 1.165) is 18.1 Å². The van der Waals surface area contributed by atoms with Crippen LogP contribution < -0.4 is 5.46 Å². The highest BCUT2D eigenvalue weighted by atomic mass is 19.3. The summed E-state index contributed by atoms with van der Waals surface area (Å²) in [4.78, 5) is 13.9. The lowest BCUT2D eigenvalue weighted by Gasteiger charge is -2.02. The summed E-state index contributed by atoms with van der Waals surface area (Å²) in [5.74, 6) is -0.994. The molecule has 0 heterocycles. The van der Waals surface area contributed by atoms with Gasteiger partial charge in [-0.1, -0.05) is 47.9 Å². The number of hydrogen-bond acceptors (Lipinski definition) is 2. The van der Waals surface area contributed by atoms with Crippen molar-refractivity contribution in [3.05, 3.63) is 42.5 Å². The van der Waals surface area contributed by atoms with E-state index < -0.39 is 5.87 Å². The summed E-state index contributed by atoms with van der Waals surface area (Å²) >= 11 is 0. The molecule has 4 heteroatoms. The molecule has 0 unspecified atom stereocenters. The smallest absolute Gasteiger partial charge is 0.268 e. The number of benzene rings is 2. The SMILES string of the molecule is O=C([B]c1cccc2ccccc12)OF. The Morgan fingerprint density at radius 2 is 1.87 bits per heavy atom. The van der Waals surface area contributed by atoms with Crippen LogP contribution in [0, 0.1) is 0 Å². The lowest BCUT2D eigenvalue weighted by molar-refractivity contribution is -0.0478. The van der Waals surface area contributed by atoms with Crippen LogP contribution in [0.25, 0.3) is 10.8 Å². The molecule has 0 aliphatic rings. The summed E-state index contributed by atoms with van der Waals surface area (Å²) in [6.07, 6.45) is 0. The van der Waals surface area contributed by atoms with Gasteiger partial charge in [0, 0.05) is 4.53 Å². The maximum absolute atomic E-state index is 11.6. The monoisotopic (exact) mass is 201 g/mol. The number of rotatable bonds is 2. The number of fused-ring (bicyclic) bond motifs is 1. The molecule has 0 aliphatic heterocycles. The summed E-state index contributed by atoms with van der Waals surface area (Å²) in [6, 6.07) is 13.0. The Morgan fingerprint density at radius 1 is 1.13 bits per heavy atom. The van der Waals surface area contributed by atoms with Crippen molar-refractivity contribution in [3.63, 3.8) is 0 Å². The lowest BCUT2D eigenvalue weighted by atomic mass is 9.69. The van der Waals surface area contributed by atoms with E-state index in [4.69, 9.17) is 0 Å². The molecule has 2 aromatic carbocycles. The van der Waals surface area contributed by atoms with Crippen LogP contribution in [-0.2, 0) is 4.94 Å². The van der Waals surface area contributed by atoms with Crippen LogP contribution in [0.5, 0.6) is 0 Å². The molecule has 0 bridgehead atoms. The van der Waals surface area contributed by atoms with Crippen LogP contribution in [0.1, 0.15) is 0 Å². The van der Waals surface area contributed by atoms with Gasteiger partial charge >= 0.3 is 7.28 Å². The van der Waals surface area contributed by atoms with Gasteiger partial charge in [-0.15, -0.1) is 0 Å². The van der Waals surface area contributed by atoms with Crippen molar-refractivity contribution in [2.24, 2.45) is 0 Å². The predicted molar refractivity (Wildman–Crippen MR) is 56.9 cm³/mol. The molecule has 73 valence electrons. The molecule has 0 saturated carbocycles. The van der Waals surface area contributed by atoms with Gasteiger partial charge in [0.1, 0.15) is 0 Å². The predicted octanol–water partition coefficient (Wildman–Crippen LogP) is 2.19. The summed E-state index contributed by atoms with van der Waals surface area (Å²) in [5, 5.41) is 1.89. The molecule has 1 radical (unpaired) electrons. The fraction of sp³-hybridized carbons (Fsp3) is 0. The first kappa shape index (κ1) is 9.71. The van der Waals surface area contributed by atoms with Gasteiger partial charge in [-0.25, -0.2) is 0 Å². The zero-order valence-corrected chi connectivity index (χ0v) is 7.81. The maximum atomic E-state index is 11.6. The van der Waals surface area contributed by atoms with Crippen LogP contribution >= 0.6 is 0 Å².